The lowest BCUT2D eigenvalue weighted by Crippen LogP contribution is -2.46. The molecule has 0 spiro atoms. The summed E-state index contributed by atoms with van der Waals surface area (Å²) in [7, 11) is 0. The van der Waals surface area contributed by atoms with Gasteiger partial charge in [-0.2, -0.15) is 11.8 Å². The minimum Gasteiger partial charge on any atom is -0.325 e. The maximum absolute atomic E-state index is 12.6. The molecular weight excluding hydrogens is 326 g/mol. The van der Waals surface area contributed by atoms with Gasteiger partial charge in [0.2, 0.25) is 5.91 Å². The van der Waals surface area contributed by atoms with Gasteiger partial charge in [0.05, 0.1) is 6.04 Å². The average Bonchev–Trinajstić information content (AvgIpc) is 2.46. The highest BCUT2D eigenvalue weighted by molar-refractivity contribution is 8.00. The quantitative estimate of drug-likeness (QED) is 0.913. The van der Waals surface area contributed by atoms with Crippen molar-refractivity contribution >= 4 is 23.4 Å². The Labute approximate surface area is 143 Å². The van der Waals surface area contributed by atoms with Gasteiger partial charge in [-0.3, -0.25) is 18.7 Å². The zero-order valence-corrected chi connectivity index (χ0v) is 14.4. The topological polar surface area (TPSA) is 73.1 Å². The summed E-state index contributed by atoms with van der Waals surface area (Å²) in [5, 5.41) is 2.73. The highest BCUT2D eigenvalue weighted by atomic mass is 32.2. The van der Waals surface area contributed by atoms with Gasteiger partial charge in [0.25, 0.3) is 5.56 Å². The van der Waals surface area contributed by atoms with Crippen molar-refractivity contribution < 1.29 is 4.79 Å². The molecule has 0 aliphatic carbocycles. The number of hydrogen-bond donors (Lipinski definition) is 1. The minimum atomic E-state index is -0.444. The molecule has 126 valence electrons. The van der Waals surface area contributed by atoms with Crippen LogP contribution in [0.1, 0.15) is 17.3 Å². The lowest BCUT2D eigenvalue weighted by Gasteiger charge is -2.29. The molecule has 0 unspecified atom stereocenters. The van der Waals surface area contributed by atoms with E-state index in [1.54, 1.807) is 29.3 Å². The van der Waals surface area contributed by atoms with Crippen molar-refractivity contribution in [1.82, 2.24) is 9.13 Å². The Balaban J connectivity index is 1.85. The zero-order chi connectivity index (χ0) is 17.3. The number of amides is 1. The van der Waals surface area contributed by atoms with Gasteiger partial charge in [-0.05, 0) is 31.5 Å². The van der Waals surface area contributed by atoms with Gasteiger partial charge in [-0.1, -0.05) is 12.1 Å². The Hall–Kier alpha value is -2.28. The number of carbonyl (C=O) groups excluding carboxylic acids is 1. The highest BCUT2D eigenvalue weighted by Gasteiger charge is 2.24. The Morgan fingerprint density at radius 1 is 1.25 bits per heavy atom. The second-order valence-electron chi connectivity index (χ2n) is 5.97. The molecule has 2 aromatic rings. The standard InChI is InChI=1S/C17H19N3O3S/c1-11-4-3-5-13(6-11)18-15(21)8-19-16(22)7-12(2)20(17(19)23)14-9-24-10-14/h3-7,14H,8-10H2,1-2H3,(H,18,21). The molecule has 0 radical (unpaired) electrons. The maximum atomic E-state index is 12.6. The zero-order valence-electron chi connectivity index (χ0n) is 13.6. The fourth-order valence-corrected chi connectivity index (χ4v) is 3.47. The van der Waals surface area contributed by atoms with E-state index >= 15 is 0 Å². The van der Waals surface area contributed by atoms with Crippen LogP contribution in [-0.4, -0.2) is 26.5 Å². The predicted octanol–water partition coefficient (Wildman–Crippen LogP) is 1.55. The number of anilines is 1. The van der Waals surface area contributed by atoms with Crippen LogP contribution in [0.5, 0.6) is 0 Å². The number of hydrogen-bond acceptors (Lipinski definition) is 4. The lowest BCUT2D eigenvalue weighted by atomic mass is 10.2. The molecule has 1 aromatic heterocycles. The number of thioether (sulfide) groups is 1. The van der Waals surface area contributed by atoms with Gasteiger partial charge in [0, 0.05) is 29.0 Å². The molecule has 0 saturated carbocycles. The van der Waals surface area contributed by atoms with Crippen molar-refractivity contribution in [3.63, 3.8) is 0 Å². The van der Waals surface area contributed by atoms with E-state index in [4.69, 9.17) is 0 Å². The molecule has 6 nitrogen and oxygen atoms in total. The Morgan fingerprint density at radius 2 is 2.00 bits per heavy atom. The van der Waals surface area contributed by atoms with Crippen molar-refractivity contribution in [3.8, 4) is 0 Å². The molecule has 1 fully saturated rings. The molecule has 1 saturated heterocycles. The van der Waals surface area contributed by atoms with Crippen LogP contribution in [0.25, 0.3) is 0 Å². The third-order valence-electron chi connectivity index (χ3n) is 4.00. The first-order valence-corrected chi connectivity index (χ1v) is 8.88. The van der Waals surface area contributed by atoms with Crippen molar-refractivity contribution in [3.05, 3.63) is 62.4 Å². The first-order chi connectivity index (χ1) is 11.5. The van der Waals surface area contributed by atoms with Crippen LogP contribution in [0.2, 0.25) is 0 Å². The van der Waals surface area contributed by atoms with Gasteiger partial charge < -0.3 is 5.32 Å². The number of nitrogens with one attached hydrogen (secondary N) is 1. The molecule has 2 heterocycles. The normalized spacial score (nSPS) is 14.2. The maximum Gasteiger partial charge on any atom is 0.331 e. The molecule has 1 amide bonds. The highest BCUT2D eigenvalue weighted by Crippen LogP contribution is 2.28. The third-order valence-corrected chi connectivity index (χ3v) is 5.25. The lowest BCUT2D eigenvalue weighted by molar-refractivity contribution is -0.116. The van der Waals surface area contributed by atoms with E-state index in [9.17, 15) is 14.4 Å². The third kappa shape index (κ3) is 3.31. The van der Waals surface area contributed by atoms with Gasteiger partial charge >= 0.3 is 5.69 Å². The second-order valence-corrected chi connectivity index (χ2v) is 7.05. The smallest absolute Gasteiger partial charge is 0.325 e. The average molecular weight is 345 g/mol. The summed E-state index contributed by atoms with van der Waals surface area (Å²) < 4.78 is 2.62. The molecule has 0 atom stereocenters. The van der Waals surface area contributed by atoms with Crippen LogP contribution < -0.4 is 16.6 Å². The van der Waals surface area contributed by atoms with E-state index < -0.39 is 17.2 Å². The monoisotopic (exact) mass is 345 g/mol. The van der Waals surface area contributed by atoms with E-state index in [2.05, 4.69) is 5.32 Å². The molecule has 1 aliphatic rings. The Morgan fingerprint density at radius 3 is 2.62 bits per heavy atom. The molecule has 1 aromatic carbocycles. The molecule has 1 aliphatic heterocycles. The number of carbonyl (C=O) groups is 1. The molecular formula is C17H19N3O3S. The van der Waals surface area contributed by atoms with Crippen molar-refractivity contribution in [2.75, 3.05) is 16.8 Å². The van der Waals surface area contributed by atoms with Crippen LogP contribution >= 0.6 is 11.8 Å². The van der Waals surface area contributed by atoms with Crippen LogP contribution in [-0.2, 0) is 11.3 Å². The molecule has 0 bridgehead atoms. The summed E-state index contributed by atoms with van der Waals surface area (Å²) in [6, 6.07) is 8.89. The Bertz CT molecular complexity index is 897. The van der Waals surface area contributed by atoms with Gasteiger partial charge in [-0.15, -0.1) is 0 Å². The summed E-state index contributed by atoms with van der Waals surface area (Å²) in [5.74, 6) is 1.32. The summed E-state index contributed by atoms with van der Waals surface area (Å²) >= 11 is 1.76. The van der Waals surface area contributed by atoms with Gasteiger partial charge in [-0.25, -0.2) is 4.79 Å². The van der Waals surface area contributed by atoms with E-state index in [0.717, 1.165) is 21.6 Å². The van der Waals surface area contributed by atoms with E-state index in [1.165, 1.54) is 6.07 Å². The number of nitrogens with zero attached hydrogens (tertiary/aromatic N) is 2. The second kappa shape index (κ2) is 6.68. The molecule has 1 N–H and O–H groups in total. The predicted molar refractivity (Wildman–Crippen MR) is 95.9 cm³/mol. The molecule has 7 heteroatoms. The van der Waals surface area contributed by atoms with Crippen LogP contribution in [0.3, 0.4) is 0 Å². The summed E-state index contributed by atoms with van der Waals surface area (Å²) in [5.41, 5.74) is 1.46. The van der Waals surface area contributed by atoms with E-state index in [0.29, 0.717) is 11.4 Å². The largest absolute Gasteiger partial charge is 0.331 e. The van der Waals surface area contributed by atoms with Crippen molar-refractivity contribution in [1.29, 1.82) is 0 Å². The van der Waals surface area contributed by atoms with Crippen LogP contribution in [0, 0.1) is 13.8 Å². The summed E-state index contributed by atoms with van der Waals surface area (Å²) in [4.78, 5) is 37.0. The van der Waals surface area contributed by atoms with Crippen LogP contribution in [0.4, 0.5) is 5.69 Å². The fourth-order valence-electron chi connectivity index (χ4n) is 2.73. The Kier molecular flexibility index (Phi) is 4.62. The fraction of sp³-hybridized carbons (Fsp3) is 0.353. The van der Waals surface area contributed by atoms with Crippen molar-refractivity contribution in [2.45, 2.75) is 26.4 Å². The summed E-state index contributed by atoms with van der Waals surface area (Å²) in [6.45, 7) is 3.39. The number of aromatic nitrogens is 2. The van der Waals surface area contributed by atoms with Crippen LogP contribution in [0.15, 0.2) is 39.9 Å². The van der Waals surface area contributed by atoms with E-state index in [1.807, 2.05) is 25.1 Å². The molecule has 3 rings (SSSR count). The number of rotatable bonds is 4. The van der Waals surface area contributed by atoms with Gasteiger partial charge in [0.15, 0.2) is 0 Å². The molecule has 24 heavy (non-hydrogen) atoms. The first kappa shape index (κ1) is 16.6. The van der Waals surface area contributed by atoms with E-state index in [-0.39, 0.29) is 12.6 Å². The first-order valence-electron chi connectivity index (χ1n) is 7.73. The number of aryl methyl sites for hydroxylation is 2. The van der Waals surface area contributed by atoms with Gasteiger partial charge in [0.1, 0.15) is 6.54 Å². The minimum absolute atomic E-state index is 0.106. The number of benzene rings is 1. The summed E-state index contributed by atoms with van der Waals surface area (Å²) in [6.07, 6.45) is 0. The van der Waals surface area contributed by atoms with Crippen molar-refractivity contribution in [2.24, 2.45) is 0 Å². The SMILES string of the molecule is Cc1cccc(NC(=O)Cn2c(=O)cc(C)n(C3CSC3)c2=O)c1.